The van der Waals surface area contributed by atoms with E-state index in [-0.39, 0.29) is 33.5 Å². The highest BCUT2D eigenvalue weighted by atomic mass is 32.2. The summed E-state index contributed by atoms with van der Waals surface area (Å²) in [6.45, 7) is 4.95. The van der Waals surface area contributed by atoms with E-state index >= 15 is 0 Å². The fraction of sp³-hybridized carbons (Fsp3) is 0.484. The summed E-state index contributed by atoms with van der Waals surface area (Å²) >= 11 is 0. The second-order valence-corrected chi connectivity index (χ2v) is 13.8. The van der Waals surface area contributed by atoms with Crippen molar-refractivity contribution in [3.8, 4) is 22.8 Å². The molecule has 1 saturated carbocycles. The molecule has 12 heteroatoms. The molecule has 7 rings (SSSR count). The van der Waals surface area contributed by atoms with E-state index < -0.39 is 10.0 Å². The van der Waals surface area contributed by atoms with E-state index in [9.17, 15) is 13.2 Å². The van der Waals surface area contributed by atoms with Crippen LogP contribution in [0, 0.1) is 0 Å². The number of hydrogen-bond acceptors (Lipinski definition) is 9. The molecule has 2 aliphatic carbocycles. The molecule has 1 N–H and O–H groups in total. The van der Waals surface area contributed by atoms with Crippen molar-refractivity contribution in [2.75, 3.05) is 70.2 Å². The molecule has 0 bridgehead atoms. The van der Waals surface area contributed by atoms with Crippen molar-refractivity contribution in [1.82, 2.24) is 15.0 Å². The van der Waals surface area contributed by atoms with Gasteiger partial charge in [-0.15, -0.1) is 0 Å². The number of anilines is 2. The van der Waals surface area contributed by atoms with Crippen molar-refractivity contribution in [2.24, 2.45) is 0 Å². The third-order valence-corrected chi connectivity index (χ3v) is 10.8. The molecule has 43 heavy (non-hydrogen) atoms. The molecule has 0 radical (unpaired) electrons. The van der Waals surface area contributed by atoms with Gasteiger partial charge in [-0.3, -0.25) is 9.52 Å². The summed E-state index contributed by atoms with van der Waals surface area (Å²) < 4.78 is 47.5. The average molecular weight is 608 g/mol. The van der Waals surface area contributed by atoms with Gasteiger partial charge >= 0.3 is 0 Å². The molecule has 3 fully saturated rings. The number of rotatable bonds is 7. The van der Waals surface area contributed by atoms with Gasteiger partial charge in [0.25, 0.3) is 15.9 Å². The van der Waals surface area contributed by atoms with Crippen molar-refractivity contribution < 1.29 is 27.2 Å². The first-order valence-corrected chi connectivity index (χ1v) is 16.4. The largest absolute Gasteiger partial charge is 0.495 e. The highest BCUT2D eigenvalue weighted by Gasteiger charge is 2.51. The lowest BCUT2D eigenvalue weighted by atomic mass is 9.79. The molecule has 11 nitrogen and oxygen atoms in total. The molecule has 2 aromatic carbocycles. The Labute approximate surface area is 251 Å². The zero-order chi connectivity index (χ0) is 29.9. The van der Waals surface area contributed by atoms with Crippen LogP contribution in [0.2, 0.25) is 0 Å². The summed E-state index contributed by atoms with van der Waals surface area (Å²) in [4.78, 5) is 19.5. The lowest BCUT2D eigenvalue weighted by molar-refractivity contribution is 0.0762. The van der Waals surface area contributed by atoms with Gasteiger partial charge in [0, 0.05) is 60.5 Å². The average Bonchev–Trinajstić information content (AvgIpc) is 3.69. The van der Waals surface area contributed by atoms with Gasteiger partial charge in [0.05, 0.1) is 14.2 Å². The number of benzene rings is 2. The molecule has 1 aromatic heterocycles. The third kappa shape index (κ3) is 4.80. The number of likely N-dealkylation sites (N-methyl/N-ethyl adjacent to an activating group) is 1. The normalized spacial score (nSPS) is 19.2. The van der Waals surface area contributed by atoms with Crippen molar-refractivity contribution in [3.05, 3.63) is 47.0 Å². The molecule has 3 heterocycles. The van der Waals surface area contributed by atoms with Crippen LogP contribution < -0.4 is 19.1 Å². The van der Waals surface area contributed by atoms with Crippen LogP contribution in [0.5, 0.6) is 11.5 Å². The van der Waals surface area contributed by atoms with Crippen LogP contribution in [0.3, 0.4) is 0 Å². The Morgan fingerprint density at radius 3 is 2.35 bits per heavy atom. The van der Waals surface area contributed by atoms with E-state index in [0.29, 0.717) is 30.8 Å². The summed E-state index contributed by atoms with van der Waals surface area (Å²) in [5, 5.41) is 4.22. The van der Waals surface area contributed by atoms with Gasteiger partial charge in [-0.2, -0.15) is 0 Å². The van der Waals surface area contributed by atoms with Crippen LogP contribution in [0.4, 0.5) is 11.5 Å². The summed E-state index contributed by atoms with van der Waals surface area (Å²) in [6, 6.07) is 9.48. The standard InChI is InChI=1S/C31H37N5O6S/c1-34-10-4-13-36(15-14-34)30(37)20-16-25(40-2)28(26(17-20)41-3)43(38,39)33-29-23-19-31(8-9-31)24-7-6-21(35-11-5-12-35)18-22(24)27(23)42-32-29/h6-7,16-18H,4-5,8-15,19H2,1-3H3,(H,32,33). The summed E-state index contributed by atoms with van der Waals surface area (Å²) in [7, 11) is 0.537. The number of methoxy groups -OCH3 is 2. The van der Waals surface area contributed by atoms with Crippen molar-refractivity contribution in [2.45, 2.75) is 42.4 Å². The minimum atomic E-state index is -4.26. The number of aromatic nitrogens is 1. The topological polar surface area (TPSA) is 117 Å². The van der Waals surface area contributed by atoms with Gasteiger partial charge < -0.3 is 28.7 Å². The van der Waals surface area contributed by atoms with Crippen LogP contribution in [0.1, 0.15) is 47.2 Å². The summed E-state index contributed by atoms with van der Waals surface area (Å²) in [5.41, 5.74) is 4.41. The van der Waals surface area contributed by atoms with Crippen LogP contribution in [0.25, 0.3) is 11.3 Å². The number of nitrogens with one attached hydrogen (secondary N) is 1. The molecule has 228 valence electrons. The first-order chi connectivity index (χ1) is 20.7. The number of ether oxygens (including phenoxy) is 2. The van der Waals surface area contributed by atoms with E-state index in [1.807, 2.05) is 7.05 Å². The number of nitrogens with zero attached hydrogens (tertiary/aromatic N) is 4. The fourth-order valence-electron chi connectivity index (χ4n) is 6.63. The maximum Gasteiger partial charge on any atom is 0.270 e. The quantitative estimate of drug-likeness (QED) is 0.429. The molecule has 1 amide bonds. The number of amides is 1. The van der Waals surface area contributed by atoms with E-state index in [1.165, 1.54) is 38.3 Å². The Balaban J connectivity index is 1.22. The third-order valence-electron chi connectivity index (χ3n) is 9.41. The number of fused-ring (bicyclic) bond motifs is 4. The van der Waals surface area contributed by atoms with E-state index in [4.69, 9.17) is 14.0 Å². The number of carbonyl (C=O) groups excluding carboxylic acids is 1. The zero-order valence-electron chi connectivity index (χ0n) is 24.8. The molecule has 1 spiro atoms. The molecule has 0 atom stereocenters. The Morgan fingerprint density at radius 2 is 1.70 bits per heavy atom. The Kier molecular flexibility index (Phi) is 6.81. The van der Waals surface area contributed by atoms with Crippen molar-refractivity contribution in [3.63, 3.8) is 0 Å². The molecular weight excluding hydrogens is 570 g/mol. The second kappa shape index (κ2) is 10.4. The lowest BCUT2D eigenvalue weighted by Gasteiger charge is -2.34. The fourth-order valence-corrected chi connectivity index (χ4v) is 7.96. The molecule has 2 saturated heterocycles. The Hall–Kier alpha value is -3.77. The second-order valence-electron chi connectivity index (χ2n) is 12.1. The van der Waals surface area contributed by atoms with Crippen LogP contribution in [-0.4, -0.2) is 89.8 Å². The molecule has 4 aliphatic rings. The highest BCUT2D eigenvalue weighted by molar-refractivity contribution is 7.93. The molecule has 3 aromatic rings. The van der Waals surface area contributed by atoms with Gasteiger partial charge in [0.2, 0.25) is 0 Å². The minimum Gasteiger partial charge on any atom is -0.495 e. The Bertz CT molecular complexity index is 1670. The van der Waals surface area contributed by atoms with Crippen molar-refractivity contribution in [1.29, 1.82) is 0 Å². The van der Waals surface area contributed by atoms with E-state index in [0.717, 1.165) is 62.3 Å². The molecule has 0 unspecified atom stereocenters. The van der Waals surface area contributed by atoms with Gasteiger partial charge in [-0.25, -0.2) is 8.42 Å². The molecule has 2 aliphatic heterocycles. The Morgan fingerprint density at radius 1 is 0.977 bits per heavy atom. The van der Waals surface area contributed by atoms with E-state index in [2.05, 4.69) is 37.9 Å². The van der Waals surface area contributed by atoms with Gasteiger partial charge in [-0.05, 0) is 75.5 Å². The predicted molar refractivity (Wildman–Crippen MR) is 162 cm³/mol. The summed E-state index contributed by atoms with van der Waals surface area (Å²) in [6.07, 6.45) is 4.75. The zero-order valence-corrected chi connectivity index (χ0v) is 25.6. The van der Waals surface area contributed by atoms with Crippen LogP contribution in [0.15, 0.2) is 39.8 Å². The maximum atomic E-state index is 14.0. The minimum absolute atomic E-state index is 0.0164. The smallest absolute Gasteiger partial charge is 0.270 e. The number of hydrogen-bond donors (Lipinski definition) is 1. The monoisotopic (exact) mass is 607 g/mol. The van der Waals surface area contributed by atoms with E-state index in [1.54, 1.807) is 4.90 Å². The SMILES string of the molecule is COc1cc(C(=O)N2CCCN(C)CC2)cc(OC)c1S(=O)(=O)Nc1noc2c1CC1(CC1)c1ccc(N3CCC3)cc1-2. The van der Waals surface area contributed by atoms with Gasteiger partial charge in [-0.1, -0.05) is 11.2 Å². The maximum absolute atomic E-state index is 14.0. The number of carbonyl (C=O) groups is 1. The van der Waals surface area contributed by atoms with Crippen molar-refractivity contribution >= 4 is 27.4 Å². The van der Waals surface area contributed by atoms with Crippen LogP contribution >= 0.6 is 0 Å². The lowest BCUT2D eigenvalue weighted by Crippen LogP contribution is -2.37. The number of sulfonamides is 1. The van der Waals surface area contributed by atoms with Gasteiger partial charge in [0.1, 0.15) is 11.5 Å². The van der Waals surface area contributed by atoms with Crippen LogP contribution in [-0.2, 0) is 21.9 Å². The molecular formula is C31H37N5O6S. The predicted octanol–water partition coefficient (Wildman–Crippen LogP) is 3.74. The first-order valence-electron chi connectivity index (χ1n) is 14.9. The first kappa shape index (κ1) is 28.0. The summed E-state index contributed by atoms with van der Waals surface area (Å²) in [5.74, 6) is 0.612. The van der Waals surface area contributed by atoms with Gasteiger partial charge in [0.15, 0.2) is 16.5 Å². The highest BCUT2D eigenvalue weighted by Crippen LogP contribution is 2.59.